The van der Waals surface area contributed by atoms with Gasteiger partial charge in [0.05, 0.1) is 6.61 Å². The van der Waals surface area contributed by atoms with Gasteiger partial charge in [0.1, 0.15) is 6.07 Å². The lowest BCUT2D eigenvalue weighted by Crippen LogP contribution is -2.07. The number of nitrogens with zero attached hydrogens (tertiary/aromatic N) is 3. The summed E-state index contributed by atoms with van der Waals surface area (Å²) in [6.45, 7) is 4.02. The molecule has 0 aliphatic carbocycles. The second-order valence-electron chi connectivity index (χ2n) is 4.54. The Kier molecular flexibility index (Phi) is 5.68. The fraction of sp³-hybridized carbons (Fsp3) is 0.312. The molecule has 0 saturated heterocycles. The topological polar surface area (TPSA) is 70.8 Å². The number of nitriles is 1. The molecule has 0 fully saturated rings. The standard InChI is InChI=1S/C16H18N4O/c1-2-9-21-12-14-6-4-3-5-13(14)11-20-16-15(10-17)18-7-8-19-16/h3-8H,2,9,11-12H2,1H3,(H,19,20). The number of rotatable bonds is 7. The van der Waals surface area contributed by atoms with Crippen molar-refractivity contribution in [3.63, 3.8) is 0 Å². The maximum Gasteiger partial charge on any atom is 0.182 e. The molecule has 2 aromatic rings. The molecule has 0 aliphatic rings. The van der Waals surface area contributed by atoms with Gasteiger partial charge in [-0.3, -0.25) is 0 Å². The first-order valence-corrected chi connectivity index (χ1v) is 6.94. The number of hydrogen-bond donors (Lipinski definition) is 1. The predicted octanol–water partition coefficient (Wildman–Crippen LogP) is 2.89. The first kappa shape index (κ1) is 14.9. The minimum atomic E-state index is 0.303. The van der Waals surface area contributed by atoms with Crippen molar-refractivity contribution in [3.8, 4) is 6.07 Å². The van der Waals surface area contributed by atoms with Crippen molar-refractivity contribution >= 4 is 5.82 Å². The zero-order chi connectivity index (χ0) is 14.9. The minimum absolute atomic E-state index is 0.303. The van der Waals surface area contributed by atoms with Crippen LogP contribution in [0.1, 0.15) is 30.2 Å². The van der Waals surface area contributed by atoms with E-state index in [0.29, 0.717) is 24.7 Å². The van der Waals surface area contributed by atoms with Crippen LogP contribution in [-0.2, 0) is 17.9 Å². The molecule has 1 N–H and O–H groups in total. The number of aromatic nitrogens is 2. The van der Waals surface area contributed by atoms with Crippen molar-refractivity contribution in [1.82, 2.24) is 9.97 Å². The molecule has 0 unspecified atom stereocenters. The lowest BCUT2D eigenvalue weighted by molar-refractivity contribution is 0.121. The Morgan fingerprint density at radius 1 is 1.19 bits per heavy atom. The molecule has 0 bridgehead atoms. The van der Waals surface area contributed by atoms with Gasteiger partial charge in [-0.2, -0.15) is 5.26 Å². The third-order valence-electron chi connectivity index (χ3n) is 2.97. The third-order valence-corrected chi connectivity index (χ3v) is 2.97. The van der Waals surface area contributed by atoms with Crippen molar-refractivity contribution in [3.05, 3.63) is 53.5 Å². The SMILES string of the molecule is CCCOCc1ccccc1CNc1nccnc1C#N. The van der Waals surface area contributed by atoms with Gasteiger partial charge in [0.15, 0.2) is 11.5 Å². The molecule has 1 heterocycles. The van der Waals surface area contributed by atoms with E-state index in [0.717, 1.165) is 24.2 Å². The lowest BCUT2D eigenvalue weighted by atomic mass is 10.1. The van der Waals surface area contributed by atoms with E-state index in [9.17, 15) is 0 Å². The third kappa shape index (κ3) is 4.26. The predicted molar refractivity (Wildman–Crippen MR) is 80.5 cm³/mol. The monoisotopic (exact) mass is 282 g/mol. The zero-order valence-corrected chi connectivity index (χ0v) is 12.0. The Bertz CT molecular complexity index is 622. The van der Waals surface area contributed by atoms with Crippen LogP contribution in [0.4, 0.5) is 5.82 Å². The smallest absolute Gasteiger partial charge is 0.182 e. The first-order valence-electron chi connectivity index (χ1n) is 6.94. The quantitative estimate of drug-likeness (QED) is 0.791. The van der Waals surface area contributed by atoms with E-state index in [1.54, 1.807) is 6.20 Å². The van der Waals surface area contributed by atoms with Gasteiger partial charge in [-0.05, 0) is 17.5 Å². The van der Waals surface area contributed by atoms with Gasteiger partial charge in [-0.15, -0.1) is 0 Å². The van der Waals surface area contributed by atoms with Gasteiger partial charge in [-0.1, -0.05) is 31.2 Å². The van der Waals surface area contributed by atoms with Gasteiger partial charge in [0.2, 0.25) is 0 Å². The van der Waals surface area contributed by atoms with Crippen LogP contribution in [0.5, 0.6) is 0 Å². The molecule has 21 heavy (non-hydrogen) atoms. The fourth-order valence-electron chi connectivity index (χ4n) is 1.93. The highest BCUT2D eigenvalue weighted by atomic mass is 16.5. The highest BCUT2D eigenvalue weighted by Gasteiger charge is 2.06. The van der Waals surface area contributed by atoms with Crippen LogP contribution < -0.4 is 5.32 Å². The van der Waals surface area contributed by atoms with Gasteiger partial charge < -0.3 is 10.1 Å². The molecule has 5 heteroatoms. The van der Waals surface area contributed by atoms with Gasteiger partial charge in [0.25, 0.3) is 0 Å². The first-order chi connectivity index (χ1) is 10.3. The van der Waals surface area contributed by atoms with Crippen molar-refractivity contribution in [2.75, 3.05) is 11.9 Å². The van der Waals surface area contributed by atoms with Gasteiger partial charge in [0, 0.05) is 25.5 Å². The molecule has 0 saturated carbocycles. The van der Waals surface area contributed by atoms with Crippen molar-refractivity contribution in [1.29, 1.82) is 5.26 Å². The molecule has 1 aromatic heterocycles. The van der Waals surface area contributed by atoms with Gasteiger partial charge >= 0.3 is 0 Å². The molecule has 1 aromatic carbocycles. The second-order valence-corrected chi connectivity index (χ2v) is 4.54. The number of nitrogens with one attached hydrogen (secondary N) is 1. The number of anilines is 1. The minimum Gasteiger partial charge on any atom is -0.377 e. The summed E-state index contributed by atoms with van der Waals surface area (Å²) >= 11 is 0. The molecule has 2 rings (SSSR count). The van der Waals surface area contributed by atoms with E-state index in [1.165, 1.54) is 6.20 Å². The molecule has 0 amide bonds. The lowest BCUT2D eigenvalue weighted by Gasteiger charge is -2.11. The highest BCUT2D eigenvalue weighted by molar-refractivity contribution is 5.47. The van der Waals surface area contributed by atoms with Crippen LogP contribution in [0, 0.1) is 11.3 Å². The van der Waals surface area contributed by atoms with Crippen LogP contribution in [0.2, 0.25) is 0 Å². The Balaban J connectivity index is 2.04. The van der Waals surface area contributed by atoms with Gasteiger partial charge in [-0.25, -0.2) is 9.97 Å². The summed E-state index contributed by atoms with van der Waals surface area (Å²) in [6.07, 6.45) is 4.08. The summed E-state index contributed by atoms with van der Waals surface area (Å²) in [6, 6.07) is 10.1. The summed E-state index contributed by atoms with van der Waals surface area (Å²) in [5.74, 6) is 0.504. The van der Waals surface area contributed by atoms with Crippen LogP contribution in [-0.4, -0.2) is 16.6 Å². The van der Waals surface area contributed by atoms with Crippen molar-refractivity contribution in [2.24, 2.45) is 0 Å². The molecule has 0 aliphatic heterocycles. The average molecular weight is 282 g/mol. The summed E-state index contributed by atoms with van der Waals surface area (Å²) in [5.41, 5.74) is 2.57. The highest BCUT2D eigenvalue weighted by Crippen LogP contribution is 2.14. The maximum atomic E-state index is 9.00. The van der Waals surface area contributed by atoms with E-state index in [1.807, 2.05) is 24.3 Å². The van der Waals surface area contributed by atoms with Crippen LogP contribution >= 0.6 is 0 Å². The van der Waals surface area contributed by atoms with Crippen molar-refractivity contribution in [2.45, 2.75) is 26.5 Å². The Labute approximate surface area is 124 Å². The molecule has 0 atom stereocenters. The van der Waals surface area contributed by atoms with E-state index >= 15 is 0 Å². The van der Waals surface area contributed by atoms with E-state index in [2.05, 4.69) is 28.3 Å². The van der Waals surface area contributed by atoms with Crippen LogP contribution in [0.3, 0.4) is 0 Å². The summed E-state index contributed by atoms with van der Waals surface area (Å²) in [5, 5.41) is 12.2. The Morgan fingerprint density at radius 2 is 1.95 bits per heavy atom. The summed E-state index contributed by atoms with van der Waals surface area (Å²) < 4.78 is 5.60. The van der Waals surface area contributed by atoms with E-state index in [-0.39, 0.29) is 0 Å². The molecule has 5 nitrogen and oxygen atoms in total. The maximum absolute atomic E-state index is 9.00. The summed E-state index contributed by atoms with van der Waals surface area (Å²) in [4.78, 5) is 8.12. The molecular formula is C16H18N4O. The van der Waals surface area contributed by atoms with E-state index in [4.69, 9.17) is 10.00 Å². The second kappa shape index (κ2) is 7.98. The summed E-state index contributed by atoms with van der Waals surface area (Å²) in [7, 11) is 0. The normalized spacial score (nSPS) is 10.1. The largest absolute Gasteiger partial charge is 0.377 e. The number of benzene rings is 1. The van der Waals surface area contributed by atoms with E-state index < -0.39 is 0 Å². The van der Waals surface area contributed by atoms with Crippen LogP contribution in [0.25, 0.3) is 0 Å². The van der Waals surface area contributed by atoms with Crippen LogP contribution in [0.15, 0.2) is 36.7 Å². The number of ether oxygens (including phenoxy) is 1. The molecule has 0 radical (unpaired) electrons. The molecule has 0 spiro atoms. The van der Waals surface area contributed by atoms with Crippen molar-refractivity contribution < 1.29 is 4.74 Å². The molecular weight excluding hydrogens is 264 g/mol. The average Bonchev–Trinajstić information content (AvgIpc) is 2.54. The Morgan fingerprint density at radius 3 is 2.71 bits per heavy atom. The molecule has 108 valence electrons. The Hall–Kier alpha value is -2.45. The fourth-order valence-corrected chi connectivity index (χ4v) is 1.93. The number of hydrogen-bond acceptors (Lipinski definition) is 5. The zero-order valence-electron chi connectivity index (χ0n) is 12.0.